The van der Waals surface area contributed by atoms with Gasteiger partial charge in [0.05, 0.1) is 77.5 Å². The predicted molar refractivity (Wildman–Crippen MR) is 371 cm³/mol. The average Bonchev–Trinajstić information content (AvgIpc) is 1.56. The molecule has 4 N–H and O–H groups in total. The van der Waals surface area contributed by atoms with Crippen molar-refractivity contribution in [2.45, 2.75) is 128 Å². The summed E-state index contributed by atoms with van der Waals surface area (Å²) in [6.07, 6.45) is 3.87. The van der Waals surface area contributed by atoms with Gasteiger partial charge in [-0.15, -0.1) is 0 Å². The van der Waals surface area contributed by atoms with Crippen molar-refractivity contribution < 1.29 is 36.5 Å². The summed E-state index contributed by atoms with van der Waals surface area (Å²) in [6, 6.07) is 37.6. The van der Waals surface area contributed by atoms with Gasteiger partial charge in [0.2, 0.25) is 0 Å². The van der Waals surface area contributed by atoms with E-state index in [4.69, 9.17) is 19.4 Å². The monoisotopic (exact) mass is 1330 g/mol. The lowest BCUT2D eigenvalue weighted by Crippen LogP contribution is -2.22. The highest BCUT2D eigenvalue weighted by molar-refractivity contribution is 7.90. The van der Waals surface area contributed by atoms with Crippen LogP contribution in [-0.4, -0.2) is 104 Å². The highest BCUT2D eigenvalue weighted by atomic mass is 32.2. The minimum atomic E-state index is -4.03. The third kappa shape index (κ3) is 13.0. The topological polar surface area (TPSA) is 278 Å². The van der Waals surface area contributed by atoms with Gasteiger partial charge in [0.25, 0.3) is 20.0 Å². The molecule has 20 nitrogen and oxygen atoms in total. The maximum atomic E-state index is 14.2. The highest BCUT2D eigenvalue weighted by Crippen LogP contribution is 2.44. The van der Waals surface area contributed by atoms with Gasteiger partial charge in [-0.2, -0.15) is 20.7 Å². The third-order valence-electron chi connectivity index (χ3n) is 17.0. The summed E-state index contributed by atoms with van der Waals surface area (Å²) >= 11 is 0. The number of rotatable bonds is 20. The summed E-state index contributed by atoms with van der Waals surface area (Å²) in [7, 11) is -10.8. The Morgan fingerprint density at radius 1 is 0.521 bits per heavy atom. The quantitative estimate of drug-likeness (QED) is 0.0408. The minimum Gasteiger partial charge on any atom is -0.380 e. The van der Waals surface area contributed by atoms with Crippen molar-refractivity contribution in [3.63, 3.8) is 0 Å². The molecule has 0 aliphatic rings. The number of nitrogens with one attached hydrogen (secondary N) is 2. The summed E-state index contributed by atoms with van der Waals surface area (Å²) in [5, 5.41) is 59.3. The zero-order chi connectivity index (χ0) is 67.3. The molecule has 12 rings (SSSR count). The van der Waals surface area contributed by atoms with Gasteiger partial charge in [0, 0.05) is 87.2 Å². The normalized spacial score (nSPS) is 13.0. The van der Waals surface area contributed by atoms with E-state index in [0.29, 0.717) is 108 Å². The summed E-state index contributed by atoms with van der Waals surface area (Å²) in [4.78, 5) is 10.0. The van der Waals surface area contributed by atoms with Crippen LogP contribution in [-0.2, 0) is 43.0 Å². The number of benzene rings is 6. The molecule has 24 heteroatoms. The molecule has 0 saturated carbocycles. The Bertz CT molecular complexity index is 4960. The fourth-order valence-electron chi connectivity index (χ4n) is 12.0. The zero-order valence-corrected chi connectivity index (χ0v) is 58.4. The SMILES string of the molecule is Cc1ccc(S(=O)(=O)n2cc(-c3ccn[nH]3)c3c(C(O)c4nc5cc(C#N)ccc5n4COCC[Si](C)(C)C)c(C)cc(C)c32)cc1.Cc1ccc(S(=O)(=O)n2cc(-c3ccn[nH]3)c3c(C(O)c4nc5ccc(C#N)cc5n4COCC[Si](C)(C)C)c(C)cc(C)c32)cc1. The van der Waals surface area contributed by atoms with Crippen LogP contribution in [0.5, 0.6) is 0 Å². The lowest BCUT2D eigenvalue weighted by molar-refractivity contribution is 0.0815. The number of fused-ring (bicyclic) bond motifs is 4. The van der Waals surface area contributed by atoms with E-state index < -0.39 is 48.4 Å². The summed E-state index contributed by atoms with van der Waals surface area (Å²) < 4.78 is 75.4. The predicted octanol–water partition coefficient (Wildman–Crippen LogP) is 13.6. The molecule has 0 bridgehead atoms. The third-order valence-corrected chi connectivity index (χ3v) is 23.7. The number of H-pyrrole nitrogens is 2. The molecule has 2 unspecified atom stereocenters. The van der Waals surface area contributed by atoms with Gasteiger partial charge in [0.1, 0.15) is 37.3 Å². The molecule has 0 fully saturated rings. The average molecular weight is 1330 g/mol. The summed E-state index contributed by atoms with van der Waals surface area (Å²) in [5.41, 5.74) is 12.7. The Labute approximate surface area is 548 Å². The van der Waals surface area contributed by atoms with Crippen LogP contribution >= 0.6 is 0 Å². The molecule has 0 aliphatic heterocycles. The second-order valence-corrected chi connectivity index (χ2v) is 41.3. The number of hydrogen-bond acceptors (Lipinski definition) is 14. The van der Waals surface area contributed by atoms with E-state index in [0.717, 1.165) is 51.0 Å². The Kier molecular flexibility index (Phi) is 18.4. The van der Waals surface area contributed by atoms with E-state index in [1.54, 1.807) is 116 Å². The molecule has 0 radical (unpaired) electrons. The number of imidazole rings is 2. The van der Waals surface area contributed by atoms with Crippen LogP contribution < -0.4 is 0 Å². The van der Waals surface area contributed by atoms with Crippen LogP contribution in [0.1, 0.15) is 79.5 Å². The largest absolute Gasteiger partial charge is 0.380 e. The van der Waals surface area contributed by atoms with Gasteiger partial charge >= 0.3 is 0 Å². The fraction of sp³-hybridized carbons (Fsp3) is 0.286. The van der Waals surface area contributed by atoms with E-state index in [1.165, 1.54) is 7.94 Å². The first-order valence-electron chi connectivity index (χ1n) is 30.9. The number of hydrogen-bond donors (Lipinski definition) is 4. The van der Waals surface area contributed by atoms with Gasteiger partial charge in [-0.3, -0.25) is 10.2 Å². The summed E-state index contributed by atoms with van der Waals surface area (Å²) in [6.45, 7) is 26.5. The van der Waals surface area contributed by atoms with Crippen molar-refractivity contribution >= 4 is 80.1 Å². The van der Waals surface area contributed by atoms with E-state index in [9.17, 15) is 37.6 Å². The van der Waals surface area contributed by atoms with Crippen molar-refractivity contribution in [1.29, 1.82) is 10.5 Å². The van der Waals surface area contributed by atoms with Gasteiger partial charge in [-0.05, 0) is 149 Å². The van der Waals surface area contributed by atoms with E-state index in [2.05, 4.69) is 71.8 Å². The first kappa shape index (κ1) is 66.4. The molecule has 0 spiro atoms. The van der Waals surface area contributed by atoms with Crippen LogP contribution in [0, 0.1) is 64.2 Å². The van der Waals surface area contributed by atoms with Gasteiger partial charge in [0.15, 0.2) is 0 Å². The van der Waals surface area contributed by atoms with E-state index in [1.807, 2.05) is 68.9 Å². The Morgan fingerprint density at radius 2 is 0.936 bits per heavy atom. The molecule has 0 aliphatic carbocycles. The number of aromatic amines is 2. The van der Waals surface area contributed by atoms with Crippen LogP contribution in [0.15, 0.2) is 144 Å². The molecule has 94 heavy (non-hydrogen) atoms. The number of nitriles is 2. The van der Waals surface area contributed by atoms with Crippen molar-refractivity contribution in [2.24, 2.45) is 0 Å². The van der Waals surface area contributed by atoms with Crippen molar-refractivity contribution in [1.82, 2.24) is 47.4 Å². The van der Waals surface area contributed by atoms with Crippen molar-refractivity contribution in [3.05, 3.63) is 201 Å². The molecular formula is C70H76N12O8S2Si2. The number of aliphatic hydroxyl groups is 2. The number of aromatic nitrogens is 10. The Morgan fingerprint density at radius 3 is 1.35 bits per heavy atom. The van der Waals surface area contributed by atoms with Crippen molar-refractivity contribution in [2.75, 3.05) is 13.2 Å². The first-order valence-corrected chi connectivity index (χ1v) is 41.2. The second kappa shape index (κ2) is 26.0. The first-order chi connectivity index (χ1) is 44.6. The standard InChI is InChI=1S/2C35H38N6O4SSi/c1-22-7-10-26(11-8-22)46(43,44)41-20-27(28-13-14-37-39-28)32-31(23(2)17-24(3)33(32)41)34(42)35-38-29-18-25(19-36)9-12-30(29)40(35)21-45-15-16-47(4,5)6;1-22-7-10-26(11-8-22)46(43,44)41-20-27(28-13-14-37-39-28)32-31(23(2)17-24(3)33(32)41)34(42)35-38-29-12-9-25(19-36)18-30(29)40(35)21-45-15-16-47(4,5)6/h2*7-14,17-18,20,34,42H,15-16,21H2,1-6H3,(H,37,39). The van der Waals surface area contributed by atoms with Crippen LogP contribution in [0.2, 0.25) is 51.4 Å². The number of aliphatic hydroxyl groups excluding tert-OH is 2. The second-order valence-electron chi connectivity index (χ2n) is 26.5. The molecule has 6 heterocycles. The van der Waals surface area contributed by atoms with Crippen LogP contribution in [0.4, 0.5) is 0 Å². The molecule has 2 atom stereocenters. The Balaban J connectivity index is 0.000000192. The molecule has 6 aromatic heterocycles. The maximum Gasteiger partial charge on any atom is 0.268 e. The Hall–Kier alpha value is -9.09. The van der Waals surface area contributed by atoms with Gasteiger partial charge in [-0.1, -0.05) is 86.8 Å². The van der Waals surface area contributed by atoms with E-state index >= 15 is 0 Å². The smallest absolute Gasteiger partial charge is 0.268 e. The molecule has 12 aromatic rings. The van der Waals surface area contributed by atoms with Gasteiger partial charge in [-0.25, -0.2) is 34.7 Å². The maximum absolute atomic E-state index is 14.2. The molecule has 0 amide bonds. The molecule has 6 aromatic carbocycles. The lowest BCUT2D eigenvalue weighted by Gasteiger charge is -2.20. The van der Waals surface area contributed by atoms with Crippen LogP contribution in [0.3, 0.4) is 0 Å². The summed E-state index contributed by atoms with van der Waals surface area (Å²) in [5.74, 6) is 0.669. The van der Waals surface area contributed by atoms with Gasteiger partial charge < -0.3 is 28.8 Å². The molecular weight excluding hydrogens is 1260 g/mol. The van der Waals surface area contributed by atoms with Crippen molar-refractivity contribution in [3.8, 4) is 34.7 Å². The number of aryl methyl sites for hydroxylation is 6. The molecule has 0 saturated heterocycles. The number of nitrogens with zero attached hydrogens (tertiary/aromatic N) is 10. The van der Waals surface area contributed by atoms with E-state index in [-0.39, 0.29) is 23.3 Å². The lowest BCUT2D eigenvalue weighted by atomic mass is 9.93. The minimum absolute atomic E-state index is 0.131. The highest BCUT2D eigenvalue weighted by Gasteiger charge is 2.34. The fourth-order valence-corrected chi connectivity index (χ4v) is 16.4. The number of ether oxygens (including phenoxy) is 2. The van der Waals surface area contributed by atoms with Crippen LogP contribution in [0.25, 0.3) is 66.4 Å². The molecule has 484 valence electrons. The zero-order valence-electron chi connectivity index (χ0n) is 54.7.